The standard InChI is InChI=1S/C11H14ClN3O3/c12-8-9(14-15-3-5-18-11(8)15)10(16)13-6-7-2-1-4-17-7/h7H,1-6H2,(H,13,16). The Bertz CT molecular complexity index is 468. The molecule has 1 unspecified atom stereocenters. The topological polar surface area (TPSA) is 65.4 Å². The van der Waals surface area contributed by atoms with Crippen LogP contribution in [-0.4, -0.2) is 41.6 Å². The molecule has 0 bridgehead atoms. The summed E-state index contributed by atoms with van der Waals surface area (Å²) in [4.78, 5) is 11.9. The number of nitrogens with one attached hydrogen (secondary N) is 1. The minimum atomic E-state index is -0.277. The Morgan fingerprint density at radius 3 is 3.17 bits per heavy atom. The van der Waals surface area contributed by atoms with Crippen LogP contribution in [0.3, 0.4) is 0 Å². The lowest BCUT2D eigenvalue weighted by Crippen LogP contribution is -2.32. The van der Waals surface area contributed by atoms with Gasteiger partial charge in [-0.2, -0.15) is 5.10 Å². The molecule has 0 aromatic carbocycles. The number of carbonyl (C=O) groups is 1. The minimum Gasteiger partial charge on any atom is -0.475 e. The molecule has 3 rings (SSSR count). The first-order valence-corrected chi connectivity index (χ1v) is 6.42. The molecule has 3 heterocycles. The Morgan fingerprint density at radius 2 is 2.44 bits per heavy atom. The van der Waals surface area contributed by atoms with Crippen molar-refractivity contribution in [3.63, 3.8) is 0 Å². The van der Waals surface area contributed by atoms with Gasteiger partial charge in [-0.25, -0.2) is 4.68 Å². The summed E-state index contributed by atoms with van der Waals surface area (Å²) < 4.78 is 12.3. The first kappa shape index (κ1) is 11.8. The van der Waals surface area contributed by atoms with Crippen LogP contribution in [0.25, 0.3) is 0 Å². The zero-order valence-electron chi connectivity index (χ0n) is 9.82. The quantitative estimate of drug-likeness (QED) is 0.885. The molecule has 0 aliphatic carbocycles. The molecule has 2 aliphatic heterocycles. The van der Waals surface area contributed by atoms with E-state index in [0.29, 0.717) is 25.6 Å². The Morgan fingerprint density at radius 1 is 1.56 bits per heavy atom. The van der Waals surface area contributed by atoms with Gasteiger partial charge in [0.25, 0.3) is 5.91 Å². The van der Waals surface area contributed by atoms with E-state index in [0.717, 1.165) is 19.4 Å². The van der Waals surface area contributed by atoms with Gasteiger partial charge < -0.3 is 14.8 Å². The molecular weight excluding hydrogens is 258 g/mol. The van der Waals surface area contributed by atoms with E-state index in [1.54, 1.807) is 4.68 Å². The molecule has 0 saturated carbocycles. The second kappa shape index (κ2) is 4.78. The van der Waals surface area contributed by atoms with Crippen LogP contribution in [0, 0.1) is 0 Å². The van der Waals surface area contributed by atoms with E-state index in [2.05, 4.69) is 10.4 Å². The van der Waals surface area contributed by atoms with Crippen LogP contribution in [0.5, 0.6) is 5.88 Å². The van der Waals surface area contributed by atoms with Gasteiger partial charge >= 0.3 is 0 Å². The van der Waals surface area contributed by atoms with Crippen LogP contribution in [0.15, 0.2) is 0 Å². The predicted octanol–water partition coefficient (Wildman–Crippen LogP) is 0.838. The van der Waals surface area contributed by atoms with Crippen molar-refractivity contribution in [3.05, 3.63) is 10.7 Å². The summed E-state index contributed by atoms with van der Waals surface area (Å²) in [6.45, 7) is 2.46. The van der Waals surface area contributed by atoms with Crippen molar-refractivity contribution in [3.8, 4) is 5.88 Å². The first-order valence-electron chi connectivity index (χ1n) is 6.04. The third-order valence-electron chi connectivity index (χ3n) is 3.12. The molecule has 1 atom stereocenters. The summed E-state index contributed by atoms with van der Waals surface area (Å²) >= 11 is 6.06. The lowest BCUT2D eigenvalue weighted by molar-refractivity contribution is 0.0853. The second-order valence-corrected chi connectivity index (χ2v) is 4.76. The number of rotatable bonds is 3. The van der Waals surface area contributed by atoms with Gasteiger partial charge in [0.2, 0.25) is 5.88 Å². The molecule has 1 amide bonds. The SMILES string of the molecule is O=C(NCC1CCCO1)c1nn2c(c1Cl)OCC2. The van der Waals surface area contributed by atoms with Gasteiger partial charge in [-0.05, 0) is 12.8 Å². The Labute approximate surface area is 109 Å². The maximum atomic E-state index is 11.9. The number of amides is 1. The van der Waals surface area contributed by atoms with E-state index in [1.165, 1.54) is 0 Å². The number of nitrogens with zero attached hydrogens (tertiary/aromatic N) is 2. The predicted molar refractivity (Wildman–Crippen MR) is 64.0 cm³/mol. The molecular formula is C11H14ClN3O3. The van der Waals surface area contributed by atoms with Crippen LogP contribution in [0.4, 0.5) is 0 Å². The minimum absolute atomic E-state index is 0.110. The summed E-state index contributed by atoms with van der Waals surface area (Å²) in [6, 6.07) is 0. The van der Waals surface area contributed by atoms with Crippen LogP contribution in [0.2, 0.25) is 5.02 Å². The molecule has 6 nitrogen and oxygen atoms in total. The molecule has 1 saturated heterocycles. The van der Waals surface area contributed by atoms with Crippen LogP contribution in [0.1, 0.15) is 23.3 Å². The van der Waals surface area contributed by atoms with Crippen molar-refractivity contribution in [1.82, 2.24) is 15.1 Å². The van der Waals surface area contributed by atoms with Crippen molar-refractivity contribution in [2.45, 2.75) is 25.5 Å². The van der Waals surface area contributed by atoms with Gasteiger partial charge in [0, 0.05) is 13.2 Å². The maximum absolute atomic E-state index is 11.9. The maximum Gasteiger partial charge on any atom is 0.273 e. The van der Waals surface area contributed by atoms with E-state index in [4.69, 9.17) is 21.1 Å². The highest BCUT2D eigenvalue weighted by Gasteiger charge is 2.26. The lowest BCUT2D eigenvalue weighted by Gasteiger charge is -2.09. The zero-order chi connectivity index (χ0) is 12.5. The molecule has 0 spiro atoms. The average molecular weight is 272 g/mol. The molecule has 1 aromatic heterocycles. The number of hydrogen-bond donors (Lipinski definition) is 1. The van der Waals surface area contributed by atoms with Crippen molar-refractivity contribution < 1.29 is 14.3 Å². The third kappa shape index (κ3) is 2.06. The molecule has 2 aliphatic rings. The summed E-state index contributed by atoms with van der Waals surface area (Å²) in [5.74, 6) is 0.208. The Hall–Kier alpha value is -1.27. The third-order valence-corrected chi connectivity index (χ3v) is 3.46. The largest absolute Gasteiger partial charge is 0.475 e. The smallest absolute Gasteiger partial charge is 0.273 e. The van der Waals surface area contributed by atoms with Gasteiger partial charge in [0.1, 0.15) is 11.6 Å². The fourth-order valence-corrected chi connectivity index (χ4v) is 2.46. The van der Waals surface area contributed by atoms with Crippen molar-refractivity contribution in [1.29, 1.82) is 0 Å². The Kier molecular flexibility index (Phi) is 3.13. The first-order chi connectivity index (χ1) is 8.75. The number of ether oxygens (including phenoxy) is 2. The Balaban J connectivity index is 1.65. The lowest BCUT2D eigenvalue weighted by atomic mass is 10.2. The summed E-state index contributed by atoms with van der Waals surface area (Å²) in [5, 5.41) is 7.22. The van der Waals surface area contributed by atoms with E-state index in [-0.39, 0.29) is 22.7 Å². The molecule has 1 N–H and O–H groups in total. The van der Waals surface area contributed by atoms with Crippen molar-refractivity contribution >= 4 is 17.5 Å². The summed E-state index contributed by atoms with van der Waals surface area (Å²) in [7, 11) is 0. The fraction of sp³-hybridized carbons (Fsp3) is 0.636. The monoisotopic (exact) mass is 271 g/mol. The summed E-state index contributed by atoms with van der Waals surface area (Å²) in [6.07, 6.45) is 2.14. The highest BCUT2D eigenvalue weighted by atomic mass is 35.5. The normalized spacial score (nSPS) is 21.7. The molecule has 18 heavy (non-hydrogen) atoms. The number of fused-ring (bicyclic) bond motifs is 1. The zero-order valence-corrected chi connectivity index (χ0v) is 10.6. The summed E-state index contributed by atoms with van der Waals surface area (Å²) in [5.41, 5.74) is 0.226. The fourth-order valence-electron chi connectivity index (χ4n) is 2.18. The molecule has 1 fully saturated rings. The van der Waals surface area contributed by atoms with Crippen LogP contribution >= 0.6 is 11.6 Å². The van der Waals surface area contributed by atoms with Gasteiger partial charge in [0.15, 0.2) is 5.69 Å². The highest BCUT2D eigenvalue weighted by Crippen LogP contribution is 2.31. The number of hydrogen-bond acceptors (Lipinski definition) is 4. The molecule has 98 valence electrons. The van der Waals surface area contributed by atoms with Gasteiger partial charge in [-0.15, -0.1) is 0 Å². The van der Waals surface area contributed by atoms with Crippen molar-refractivity contribution in [2.24, 2.45) is 0 Å². The second-order valence-electron chi connectivity index (χ2n) is 4.38. The van der Waals surface area contributed by atoms with Crippen LogP contribution < -0.4 is 10.1 Å². The van der Waals surface area contributed by atoms with E-state index in [1.807, 2.05) is 0 Å². The van der Waals surface area contributed by atoms with E-state index in [9.17, 15) is 4.79 Å². The number of halogens is 1. The van der Waals surface area contributed by atoms with Gasteiger partial charge in [-0.3, -0.25) is 4.79 Å². The van der Waals surface area contributed by atoms with Gasteiger partial charge in [0.05, 0.1) is 12.6 Å². The molecule has 0 radical (unpaired) electrons. The average Bonchev–Trinajstić information content (AvgIpc) is 3.05. The van der Waals surface area contributed by atoms with E-state index >= 15 is 0 Å². The number of aromatic nitrogens is 2. The van der Waals surface area contributed by atoms with Crippen LogP contribution in [-0.2, 0) is 11.3 Å². The number of carbonyl (C=O) groups excluding carboxylic acids is 1. The van der Waals surface area contributed by atoms with Crippen molar-refractivity contribution in [2.75, 3.05) is 19.8 Å². The molecule has 1 aromatic rings. The molecule has 7 heteroatoms. The van der Waals surface area contributed by atoms with Gasteiger partial charge in [-0.1, -0.05) is 11.6 Å². The highest BCUT2D eigenvalue weighted by molar-refractivity contribution is 6.34. The van der Waals surface area contributed by atoms with E-state index < -0.39 is 0 Å².